The van der Waals surface area contributed by atoms with E-state index in [0.29, 0.717) is 13.0 Å². The van der Waals surface area contributed by atoms with Crippen molar-refractivity contribution in [1.29, 1.82) is 0 Å². The Hall–Kier alpha value is -3.46. The Morgan fingerprint density at radius 1 is 1.26 bits per heavy atom. The van der Waals surface area contributed by atoms with Gasteiger partial charge in [-0.3, -0.25) is 14.9 Å². The first kappa shape index (κ1) is 22.2. The molecule has 31 heavy (non-hydrogen) atoms. The van der Waals surface area contributed by atoms with Crippen molar-refractivity contribution in [3.8, 4) is 5.75 Å². The van der Waals surface area contributed by atoms with E-state index in [-0.39, 0.29) is 22.9 Å². The van der Waals surface area contributed by atoms with E-state index in [1.54, 1.807) is 0 Å². The lowest BCUT2D eigenvalue weighted by molar-refractivity contribution is -0.385. The van der Waals surface area contributed by atoms with Gasteiger partial charge in [-0.15, -0.1) is 0 Å². The largest absolute Gasteiger partial charge is 0.490 e. The summed E-state index contributed by atoms with van der Waals surface area (Å²) in [5.74, 6) is 0.648. The lowest BCUT2D eigenvalue weighted by Crippen LogP contribution is -2.26. The molecule has 9 heteroatoms. The standard InChI is InChI=1S/C22H27N5O4/c1-25(2)13-6-14-26-18-8-5-4-7-17(18)24-21(26)11-12-23-22(28)16-9-10-20(31-3)19(15-16)27(29)30/h4-5,7-10,15H,6,11-14H2,1-3H3,(H,23,28). The molecule has 1 amide bonds. The maximum Gasteiger partial charge on any atom is 0.311 e. The van der Waals surface area contributed by atoms with E-state index in [4.69, 9.17) is 9.72 Å². The molecular weight excluding hydrogens is 398 g/mol. The molecule has 1 aromatic heterocycles. The van der Waals surface area contributed by atoms with Gasteiger partial charge in [0.25, 0.3) is 5.91 Å². The molecule has 0 radical (unpaired) electrons. The van der Waals surface area contributed by atoms with Gasteiger partial charge in [0.1, 0.15) is 5.82 Å². The Labute approximate surface area is 180 Å². The molecule has 0 aliphatic rings. The molecule has 3 rings (SSSR count). The Kier molecular flexibility index (Phi) is 7.19. The van der Waals surface area contributed by atoms with Crippen LogP contribution >= 0.6 is 0 Å². The minimum Gasteiger partial charge on any atom is -0.490 e. The van der Waals surface area contributed by atoms with Crippen molar-refractivity contribution in [3.05, 3.63) is 64.0 Å². The van der Waals surface area contributed by atoms with Crippen molar-refractivity contribution in [1.82, 2.24) is 19.8 Å². The zero-order chi connectivity index (χ0) is 22.4. The van der Waals surface area contributed by atoms with Gasteiger partial charge in [0.2, 0.25) is 0 Å². The molecule has 0 spiro atoms. The normalized spacial score (nSPS) is 11.1. The Bertz CT molecular complexity index is 1080. The third-order valence-electron chi connectivity index (χ3n) is 4.99. The summed E-state index contributed by atoms with van der Waals surface area (Å²) in [5, 5.41) is 14.0. The number of nitro benzene ring substituents is 1. The number of para-hydroxylation sites is 2. The maximum absolute atomic E-state index is 12.5. The summed E-state index contributed by atoms with van der Waals surface area (Å²) in [6.45, 7) is 2.18. The van der Waals surface area contributed by atoms with Crippen LogP contribution in [0.3, 0.4) is 0 Å². The van der Waals surface area contributed by atoms with Crippen LogP contribution in [0, 0.1) is 10.1 Å². The highest BCUT2D eigenvalue weighted by atomic mass is 16.6. The summed E-state index contributed by atoms with van der Waals surface area (Å²) in [5.41, 5.74) is 1.98. The monoisotopic (exact) mass is 425 g/mol. The topological polar surface area (TPSA) is 103 Å². The van der Waals surface area contributed by atoms with Gasteiger partial charge in [0, 0.05) is 31.1 Å². The smallest absolute Gasteiger partial charge is 0.311 e. The molecule has 9 nitrogen and oxygen atoms in total. The van der Waals surface area contributed by atoms with Crippen LogP contribution in [0.5, 0.6) is 5.75 Å². The number of hydrogen-bond acceptors (Lipinski definition) is 6. The molecule has 1 heterocycles. The highest BCUT2D eigenvalue weighted by Crippen LogP contribution is 2.27. The zero-order valence-electron chi connectivity index (χ0n) is 18.0. The van der Waals surface area contributed by atoms with Crippen molar-refractivity contribution in [2.45, 2.75) is 19.4 Å². The fraction of sp³-hybridized carbons (Fsp3) is 0.364. The second-order valence-corrected chi connectivity index (χ2v) is 7.47. The van der Waals surface area contributed by atoms with E-state index in [9.17, 15) is 14.9 Å². The zero-order valence-corrected chi connectivity index (χ0v) is 18.0. The number of methoxy groups -OCH3 is 1. The molecule has 3 aromatic rings. The number of amides is 1. The Morgan fingerprint density at radius 2 is 2.03 bits per heavy atom. The fourth-order valence-electron chi connectivity index (χ4n) is 3.47. The van der Waals surface area contributed by atoms with Gasteiger partial charge in [0.15, 0.2) is 5.75 Å². The molecule has 2 aromatic carbocycles. The number of nitrogens with zero attached hydrogens (tertiary/aromatic N) is 4. The minimum atomic E-state index is -0.564. The SMILES string of the molecule is COc1ccc(C(=O)NCCc2nc3ccccc3n2CCCN(C)C)cc1[N+](=O)[O-]. The fourth-order valence-corrected chi connectivity index (χ4v) is 3.47. The van der Waals surface area contributed by atoms with Crippen LogP contribution in [0.4, 0.5) is 5.69 Å². The number of aryl methyl sites for hydroxylation is 1. The molecule has 0 aliphatic carbocycles. The number of ether oxygens (including phenoxy) is 1. The van der Waals surface area contributed by atoms with Crippen LogP contribution < -0.4 is 10.1 Å². The molecular formula is C22H27N5O4. The van der Waals surface area contributed by atoms with Gasteiger partial charge in [-0.05, 0) is 51.3 Å². The van der Waals surface area contributed by atoms with Crippen molar-refractivity contribution in [2.75, 3.05) is 34.3 Å². The van der Waals surface area contributed by atoms with Gasteiger partial charge in [-0.1, -0.05) is 12.1 Å². The highest BCUT2D eigenvalue weighted by Gasteiger charge is 2.18. The van der Waals surface area contributed by atoms with Crippen LogP contribution in [-0.4, -0.2) is 59.6 Å². The predicted octanol–water partition coefficient (Wildman–Crippen LogP) is 2.88. The molecule has 0 fully saturated rings. The van der Waals surface area contributed by atoms with E-state index in [1.165, 1.54) is 25.3 Å². The van der Waals surface area contributed by atoms with Crippen LogP contribution in [0.15, 0.2) is 42.5 Å². The molecule has 0 unspecified atom stereocenters. The first-order valence-electron chi connectivity index (χ1n) is 10.1. The van der Waals surface area contributed by atoms with Crippen molar-refractivity contribution < 1.29 is 14.5 Å². The second kappa shape index (κ2) is 10.0. The highest BCUT2D eigenvalue weighted by molar-refractivity contribution is 5.95. The van der Waals surface area contributed by atoms with Gasteiger partial charge >= 0.3 is 5.69 Å². The van der Waals surface area contributed by atoms with Gasteiger partial charge in [0.05, 0.1) is 23.1 Å². The van der Waals surface area contributed by atoms with E-state index >= 15 is 0 Å². The average Bonchev–Trinajstić information content (AvgIpc) is 3.10. The third-order valence-corrected chi connectivity index (χ3v) is 4.99. The molecule has 0 saturated heterocycles. The van der Waals surface area contributed by atoms with Gasteiger partial charge < -0.3 is 19.5 Å². The van der Waals surface area contributed by atoms with Crippen LogP contribution in [0.25, 0.3) is 11.0 Å². The summed E-state index contributed by atoms with van der Waals surface area (Å²) in [6, 6.07) is 12.2. The molecule has 164 valence electrons. The number of hydrogen-bond donors (Lipinski definition) is 1. The van der Waals surface area contributed by atoms with E-state index < -0.39 is 4.92 Å². The van der Waals surface area contributed by atoms with Crippen molar-refractivity contribution in [3.63, 3.8) is 0 Å². The molecule has 0 aliphatic heterocycles. The predicted molar refractivity (Wildman–Crippen MR) is 119 cm³/mol. The van der Waals surface area contributed by atoms with Crippen molar-refractivity contribution in [2.24, 2.45) is 0 Å². The minimum absolute atomic E-state index is 0.119. The lowest BCUT2D eigenvalue weighted by atomic mass is 10.1. The van der Waals surface area contributed by atoms with Gasteiger partial charge in [-0.2, -0.15) is 0 Å². The summed E-state index contributed by atoms with van der Waals surface area (Å²) < 4.78 is 7.18. The Balaban J connectivity index is 1.69. The number of carbonyl (C=O) groups is 1. The first-order chi connectivity index (χ1) is 14.9. The van der Waals surface area contributed by atoms with Crippen LogP contribution in [0.2, 0.25) is 0 Å². The van der Waals surface area contributed by atoms with Crippen LogP contribution in [0.1, 0.15) is 22.6 Å². The van der Waals surface area contributed by atoms with Crippen molar-refractivity contribution >= 4 is 22.6 Å². The molecule has 0 bridgehead atoms. The molecule has 1 N–H and O–H groups in total. The summed E-state index contributed by atoms with van der Waals surface area (Å²) >= 11 is 0. The molecule has 0 saturated carbocycles. The lowest BCUT2D eigenvalue weighted by Gasteiger charge is -2.13. The summed E-state index contributed by atoms with van der Waals surface area (Å²) in [6.07, 6.45) is 1.54. The average molecular weight is 425 g/mol. The number of fused-ring (bicyclic) bond motifs is 1. The maximum atomic E-state index is 12.5. The number of imidazole rings is 1. The van der Waals surface area contributed by atoms with Gasteiger partial charge in [-0.25, -0.2) is 4.98 Å². The summed E-state index contributed by atoms with van der Waals surface area (Å²) in [7, 11) is 5.45. The number of nitrogens with one attached hydrogen (secondary N) is 1. The van der Waals surface area contributed by atoms with E-state index in [0.717, 1.165) is 36.4 Å². The molecule has 0 atom stereocenters. The Morgan fingerprint density at radius 3 is 2.74 bits per heavy atom. The van der Waals surface area contributed by atoms with E-state index in [2.05, 4.69) is 20.9 Å². The first-order valence-corrected chi connectivity index (χ1v) is 10.1. The van der Waals surface area contributed by atoms with Crippen LogP contribution in [-0.2, 0) is 13.0 Å². The number of benzene rings is 2. The second-order valence-electron chi connectivity index (χ2n) is 7.47. The number of rotatable bonds is 10. The van der Waals surface area contributed by atoms with E-state index in [1.807, 2.05) is 32.3 Å². The number of nitro groups is 1. The quantitative estimate of drug-likeness (QED) is 0.396. The number of aromatic nitrogens is 2. The summed E-state index contributed by atoms with van der Waals surface area (Å²) in [4.78, 5) is 30.0. The third kappa shape index (κ3) is 5.37. The number of carbonyl (C=O) groups excluding carboxylic acids is 1.